The van der Waals surface area contributed by atoms with Gasteiger partial charge in [-0.3, -0.25) is 4.79 Å². The van der Waals surface area contributed by atoms with Crippen molar-refractivity contribution in [3.63, 3.8) is 0 Å². The number of carbonyl (C=O) groups excluding carboxylic acids is 1. The summed E-state index contributed by atoms with van der Waals surface area (Å²) in [6.07, 6.45) is -0.145. The molecule has 0 aliphatic carbocycles. The highest BCUT2D eigenvalue weighted by atomic mass is 16.5. The van der Waals surface area contributed by atoms with Gasteiger partial charge < -0.3 is 19.8 Å². The lowest BCUT2D eigenvalue weighted by molar-refractivity contribution is -0.148. The topological polar surface area (TPSA) is 79.4 Å². The van der Waals surface area contributed by atoms with Crippen LogP contribution in [0.25, 0.3) is 11.0 Å². The Hall–Kier alpha value is -2.08. The van der Waals surface area contributed by atoms with Gasteiger partial charge in [0.1, 0.15) is 24.5 Å². The number of imidazole rings is 1. The number of fused-ring (bicyclic) bond motifs is 1. The average Bonchev–Trinajstić information content (AvgIpc) is 2.69. The molecular weight excluding hydrogens is 258 g/mol. The number of methoxy groups -OCH3 is 1. The first-order valence-corrected chi connectivity index (χ1v) is 6.45. The third-order valence-electron chi connectivity index (χ3n) is 2.82. The largest absolute Gasteiger partial charge is 0.462 e. The number of nitrogen functional groups attached to an aromatic ring is 1. The molecule has 0 atom stereocenters. The summed E-state index contributed by atoms with van der Waals surface area (Å²) in [7, 11) is 1.58. The van der Waals surface area contributed by atoms with E-state index in [0.29, 0.717) is 23.6 Å². The minimum absolute atomic E-state index is 0.0941. The van der Waals surface area contributed by atoms with E-state index in [1.165, 1.54) is 0 Å². The molecule has 0 fully saturated rings. The molecule has 0 aliphatic rings. The number of rotatable bonds is 5. The summed E-state index contributed by atoms with van der Waals surface area (Å²) in [6, 6.07) is 5.49. The second-order valence-electron chi connectivity index (χ2n) is 4.80. The van der Waals surface area contributed by atoms with Crippen LogP contribution in [-0.4, -0.2) is 28.7 Å². The first-order chi connectivity index (χ1) is 9.52. The lowest BCUT2D eigenvalue weighted by Crippen LogP contribution is -2.19. The summed E-state index contributed by atoms with van der Waals surface area (Å²) in [6.45, 7) is 4.04. The van der Waals surface area contributed by atoms with E-state index in [1.807, 2.05) is 26.0 Å². The zero-order valence-electron chi connectivity index (χ0n) is 11.9. The molecule has 0 saturated carbocycles. The molecule has 0 amide bonds. The second-order valence-corrected chi connectivity index (χ2v) is 4.80. The molecule has 0 radical (unpaired) electrons. The Morgan fingerprint density at radius 2 is 2.20 bits per heavy atom. The number of hydrogen-bond acceptors (Lipinski definition) is 5. The zero-order valence-corrected chi connectivity index (χ0v) is 11.9. The van der Waals surface area contributed by atoms with Crippen molar-refractivity contribution in [2.45, 2.75) is 33.1 Å². The number of aromatic nitrogens is 2. The fraction of sp³-hybridized carbons (Fsp3) is 0.429. The van der Waals surface area contributed by atoms with E-state index in [-0.39, 0.29) is 18.6 Å². The van der Waals surface area contributed by atoms with Gasteiger partial charge in [-0.15, -0.1) is 0 Å². The molecule has 1 aromatic carbocycles. The van der Waals surface area contributed by atoms with E-state index in [4.69, 9.17) is 15.2 Å². The van der Waals surface area contributed by atoms with Crippen molar-refractivity contribution in [3.8, 4) is 0 Å². The van der Waals surface area contributed by atoms with Crippen LogP contribution in [0, 0.1) is 0 Å². The summed E-state index contributed by atoms with van der Waals surface area (Å²) < 4.78 is 12.1. The van der Waals surface area contributed by atoms with Crippen LogP contribution >= 0.6 is 0 Å². The first-order valence-electron chi connectivity index (χ1n) is 6.45. The molecule has 1 heterocycles. The molecule has 0 bridgehead atoms. The second kappa shape index (κ2) is 5.92. The average molecular weight is 277 g/mol. The highest BCUT2D eigenvalue weighted by Gasteiger charge is 2.16. The maximum atomic E-state index is 11.9. The summed E-state index contributed by atoms with van der Waals surface area (Å²) in [4.78, 5) is 16.3. The Balaban J connectivity index is 2.41. The van der Waals surface area contributed by atoms with Gasteiger partial charge in [-0.05, 0) is 26.0 Å². The van der Waals surface area contributed by atoms with Gasteiger partial charge in [-0.2, -0.15) is 0 Å². The van der Waals surface area contributed by atoms with E-state index < -0.39 is 0 Å². The molecule has 0 aliphatic heterocycles. The fourth-order valence-electron chi connectivity index (χ4n) is 2.06. The van der Waals surface area contributed by atoms with E-state index in [0.717, 1.165) is 5.52 Å². The smallest absolute Gasteiger partial charge is 0.326 e. The fourth-order valence-corrected chi connectivity index (χ4v) is 2.06. The van der Waals surface area contributed by atoms with Gasteiger partial charge in [0, 0.05) is 7.11 Å². The number of carbonyl (C=O) groups is 1. The number of para-hydroxylation sites is 1. The molecule has 0 spiro atoms. The van der Waals surface area contributed by atoms with E-state index in [1.54, 1.807) is 17.7 Å². The van der Waals surface area contributed by atoms with Gasteiger partial charge in [0.05, 0.1) is 17.3 Å². The molecule has 20 heavy (non-hydrogen) atoms. The van der Waals surface area contributed by atoms with Crippen LogP contribution in [0.1, 0.15) is 19.7 Å². The predicted octanol–water partition coefficient (Wildman–Crippen LogP) is 1.72. The zero-order chi connectivity index (χ0) is 14.7. The summed E-state index contributed by atoms with van der Waals surface area (Å²) in [5, 5.41) is 0. The molecule has 2 aromatic rings. The van der Waals surface area contributed by atoms with Gasteiger partial charge in [0.15, 0.2) is 0 Å². The number of hydrogen-bond donors (Lipinski definition) is 1. The quantitative estimate of drug-likeness (QED) is 0.665. The molecule has 2 rings (SSSR count). The van der Waals surface area contributed by atoms with Crippen molar-refractivity contribution in [3.05, 3.63) is 24.0 Å². The highest BCUT2D eigenvalue weighted by molar-refractivity contribution is 5.88. The van der Waals surface area contributed by atoms with Gasteiger partial charge in [0.2, 0.25) is 0 Å². The van der Waals surface area contributed by atoms with Gasteiger partial charge >= 0.3 is 5.97 Å². The van der Waals surface area contributed by atoms with Gasteiger partial charge in [-0.25, -0.2) is 4.98 Å². The number of ether oxygens (including phenoxy) is 2. The number of nitrogens with zero attached hydrogens (tertiary/aromatic N) is 2. The van der Waals surface area contributed by atoms with E-state index in [9.17, 15) is 4.79 Å². The minimum atomic E-state index is -0.306. The normalized spacial score (nSPS) is 11.2. The van der Waals surface area contributed by atoms with Crippen LogP contribution in [0.5, 0.6) is 0 Å². The molecule has 0 unspecified atom stereocenters. The first kappa shape index (κ1) is 14.3. The predicted molar refractivity (Wildman–Crippen MR) is 76.1 cm³/mol. The Bertz CT molecular complexity index is 619. The molecule has 6 heteroatoms. The SMILES string of the molecule is COCc1nc2c(N)cccc2n1CC(=O)OC(C)C. The summed E-state index contributed by atoms with van der Waals surface area (Å²) in [5.74, 6) is 0.347. The van der Waals surface area contributed by atoms with Gasteiger partial charge in [-0.1, -0.05) is 6.07 Å². The lowest BCUT2D eigenvalue weighted by Gasteiger charge is -2.11. The third-order valence-corrected chi connectivity index (χ3v) is 2.82. The summed E-state index contributed by atoms with van der Waals surface area (Å²) in [5.41, 5.74) is 7.97. The van der Waals surface area contributed by atoms with Crippen LogP contribution in [0.15, 0.2) is 18.2 Å². The van der Waals surface area contributed by atoms with Crippen molar-refractivity contribution in [1.29, 1.82) is 0 Å². The molecule has 2 N–H and O–H groups in total. The minimum Gasteiger partial charge on any atom is -0.462 e. The molecule has 0 saturated heterocycles. The molecular formula is C14H19N3O3. The van der Waals surface area contributed by atoms with Crippen molar-refractivity contribution in [2.75, 3.05) is 12.8 Å². The highest BCUT2D eigenvalue weighted by Crippen LogP contribution is 2.22. The maximum absolute atomic E-state index is 11.9. The Morgan fingerprint density at radius 3 is 2.85 bits per heavy atom. The third kappa shape index (κ3) is 2.91. The Kier molecular flexibility index (Phi) is 4.24. The number of benzene rings is 1. The number of anilines is 1. The van der Waals surface area contributed by atoms with Crippen molar-refractivity contribution in [2.24, 2.45) is 0 Å². The standard InChI is InChI=1S/C14H19N3O3/c1-9(2)20-13(18)7-17-11-6-4-5-10(15)14(11)16-12(17)8-19-3/h4-6,9H,7-8,15H2,1-3H3. The molecule has 1 aromatic heterocycles. The van der Waals surface area contributed by atoms with E-state index >= 15 is 0 Å². The Labute approximate surface area is 117 Å². The summed E-state index contributed by atoms with van der Waals surface area (Å²) >= 11 is 0. The number of nitrogens with two attached hydrogens (primary N) is 1. The van der Waals surface area contributed by atoms with Crippen molar-refractivity contribution >= 4 is 22.7 Å². The van der Waals surface area contributed by atoms with Crippen LogP contribution in [0.3, 0.4) is 0 Å². The van der Waals surface area contributed by atoms with Crippen LogP contribution in [-0.2, 0) is 27.4 Å². The van der Waals surface area contributed by atoms with Gasteiger partial charge in [0.25, 0.3) is 0 Å². The van der Waals surface area contributed by atoms with E-state index in [2.05, 4.69) is 4.98 Å². The van der Waals surface area contributed by atoms with Crippen LogP contribution in [0.2, 0.25) is 0 Å². The maximum Gasteiger partial charge on any atom is 0.326 e. The van der Waals surface area contributed by atoms with Crippen LogP contribution < -0.4 is 5.73 Å². The monoisotopic (exact) mass is 277 g/mol. The molecule has 6 nitrogen and oxygen atoms in total. The number of esters is 1. The Morgan fingerprint density at radius 1 is 1.45 bits per heavy atom. The van der Waals surface area contributed by atoms with Crippen molar-refractivity contribution < 1.29 is 14.3 Å². The van der Waals surface area contributed by atoms with Crippen LogP contribution in [0.4, 0.5) is 5.69 Å². The molecule has 108 valence electrons. The van der Waals surface area contributed by atoms with Crippen molar-refractivity contribution in [1.82, 2.24) is 9.55 Å². The lowest BCUT2D eigenvalue weighted by atomic mass is 10.3.